The summed E-state index contributed by atoms with van der Waals surface area (Å²) >= 11 is 2.89. The van der Waals surface area contributed by atoms with Crippen molar-refractivity contribution in [3.63, 3.8) is 0 Å². The largest absolute Gasteiger partial charge is 0.368 e. The summed E-state index contributed by atoms with van der Waals surface area (Å²) in [7, 11) is 3.13. The van der Waals surface area contributed by atoms with Gasteiger partial charge in [0.2, 0.25) is 11.9 Å². The molecule has 2 aliphatic rings. The number of aryl methyl sites for hydroxylation is 1. The minimum Gasteiger partial charge on any atom is -0.368 e. The molecule has 2 atom stereocenters. The van der Waals surface area contributed by atoms with Crippen molar-refractivity contribution >= 4 is 50.9 Å². The SMILES string of the molecule is CC1=C(c2cnc(N3CCCC3C)nc2)N(CC(N)=O)[C@H](c2csc3c2c(=O)n(C)c(=O)n3C)S1. The molecule has 35 heavy (non-hydrogen) atoms. The number of nitrogens with two attached hydrogens (primary N) is 1. The van der Waals surface area contributed by atoms with E-state index in [0.717, 1.165) is 45.7 Å². The molecule has 1 fully saturated rings. The number of nitrogens with zero attached hydrogens (tertiary/aromatic N) is 6. The number of thioether (sulfide) groups is 1. The highest BCUT2D eigenvalue weighted by molar-refractivity contribution is 8.03. The Balaban J connectivity index is 1.57. The van der Waals surface area contributed by atoms with E-state index in [2.05, 4.69) is 21.8 Å². The molecule has 2 N–H and O–H groups in total. The summed E-state index contributed by atoms with van der Waals surface area (Å²) in [6.45, 7) is 5.07. The monoisotopic (exact) mass is 513 g/mol. The molecule has 0 radical (unpaired) electrons. The fourth-order valence-electron chi connectivity index (χ4n) is 4.93. The Labute approximate surface area is 210 Å². The van der Waals surface area contributed by atoms with Gasteiger partial charge in [0.05, 0.1) is 17.6 Å². The van der Waals surface area contributed by atoms with Gasteiger partial charge in [-0.1, -0.05) is 11.8 Å². The number of hydrogen-bond acceptors (Lipinski definition) is 9. The van der Waals surface area contributed by atoms with Crippen molar-refractivity contribution in [1.29, 1.82) is 0 Å². The van der Waals surface area contributed by atoms with Gasteiger partial charge in [-0.2, -0.15) is 0 Å². The van der Waals surface area contributed by atoms with Crippen LogP contribution in [0.25, 0.3) is 15.9 Å². The van der Waals surface area contributed by atoms with Gasteiger partial charge in [-0.15, -0.1) is 11.3 Å². The van der Waals surface area contributed by atoms with Crippen LogP contribution in [0.4, 0.5) is 5.95 Å². The molecule has 2 aliphatic heterocycles. The topological polar surface area (TPSA) is 119 Å². The number of fused-ring (bicyclic) bond motifs is 1. The predicted octanol–water partition coefficient (Wildman–Crippen LogP) is 2.00. The fraction of sp³-hybridized carbons (Fsp3) is 0.435. The van der Waals surface area contributed by atoms with Crippen LogP contribution < -0.4 is 21.9 Å². The van der Waals surface area contributed by atoms with Crippen molar-refractivity contribution in [3.8, 4) is 0 Å². The van der Waals surface area contributed by atoms with E-state index in [1.165, 1.54) is 23.0 Å². The third-order valence-corrected chi connectivity index (χ3v) is 9.05. The lowest BCUT2D eigenvalue weighted by atomic mass is 10.1. The number of hydrogen-bond donors (Lipinski definition) is 1. The third kappa shape index (κ3) is 3.84. The minimum absolute atomic E-state index is 0.0291. The first kappa shape index (κ1) is 23.6. The van der Waals surface area contributed by atoms with E-state index in [9.17, 15) is 14.4 Å². The lowest BCUT2D eigenvalue weighted by Crippen LogP contribution is -2.37. The maximum atomic E-state index is 13.1. The number of allylic oxidation sites excluding steroid dienone is 1. The quantitative estimate of drug-likeness (QED) is 0.550. The van der Waals surface area contributed by atoms with Crippen molar-refractivity contribution in [2.24, 2.45) is 19.8 Å². The highest BCUT2D eigenvalue weighted by atomic mass is 32.2. The molecule has 1 unspecified atom stereocenters. The van der Waals surface area contributed by atoms with Crippen LogP contribution in [0.5, 0.6) is 0 Å². The molecule has 0 aromatic carbocycles. The molecular weight excluding hydrogens is 486 g/mol. The summed E-state index contributed by atoms with van der Waals surface area (Å²) < 4.78 is 2.60. The van der Waals surface area contributed by atoms with Gasteiger partial charge < -0.3 is 15.5 Å². The van der Waals surface area contributed by atoms with Gasteiger partial charge in [0.15, 0.2) is 0 Å². The fourth-order valence-corrected chi connectivity index (χ4v) is 7.36. The Bertz CT molecular complexity index is 1470. The van der Waals surface area contributed by atoms with Crippen LogP contribution in [0.1, 0.15) is 43.2 Å². The molecule has 12 heteroatoms. The number of carbonyl (C=O) groups excluding carboxylic acids is 1. The van der Waals surface area contributed by atoms with Crippen LogP contribution in [-0.2, 0) is 18.9 Å². The first-order chi connectivity index (χ1) is 16.7. The Morgan fingerprint density at radius 1 is 1.20 bits per heavy atom. The maximum Gasteiger partial charge on any atom is 0.331 e. The molecule has 3 aromatic heterocycles. The molecule has 184 valence electrons. The second-order valence-electron chi connectivity index (χ2n) is 9.00. The number of rotatable bonds is 5. The summed E-state index contributed by atoms with van der Waals surface area (Å²) in [6, 6.07) is 0.407. The van der Waals surface area contributed by atoms with Crippen LogP contribution >= 0.6 is 23.1 Å². The van der Waals surface area contributed by atoms with Crippen LogP contribution in [0.3, 0.4) is 0 Å². The molecule has 0 saturated carbocycles. The average molecular weight is 514 g/mol. The van der Waals surface area contributed by atoms with Gasteiger partial charge >= 0.3 is 5.69 Å². The number of carbonyl (C=O) groups is 1. The van der Waals surface area contributed by atoms with Crippen molar-refractivity contribution in [1.82, 2.24) is 24.0 Å². The van der Waals surface area contributed by atoms with Gasteiger partial charge in [0.25, 0.3) is 5.56 Å². The summed E-state index contributed by atoms with van der Waals surface area (Å²) in [5, 5.41) is 2.02. The predicted molar refractivity (Wildman–Crippen MR) is 139 cm³/mol. The molecule has 0 spiro atoms. The molecule has 5 heterocycles. The van der Waals surface area contributed by atoms with E-state index < -0.39 is 5.91 Å². The number of aromatic nitrogens is 4. The number of primary amides is 1. The molecule has 3 aromatic rings. The zero-order valence-electron chi connectivity index (χ0n) is 20.0. The lowest BCUT2D eigenvalue weighted by molar-refractivity contribution is -0.118. The van der Waals surface area contributed by atoms with E-state index in [1.807, 2.05) is 17.2 Å². The smallest absolute Gasteiger partial charge is 0.331 e. The van der Waals surface area contributed by atoms with Crippen molar-refractivity contribution in [2.75, 3.05) is 18.0 Å². The van der Waals surface area contributed by atoms with E-state index in [-0.39, 0.29) is 23.2 Å². The van der Waals surface area contributed by atoms with Gasteiger partial charge in [-0.05, 0) is 32.1 Å². The summed E-state index contributed by atoms with van der Waals surface area (Å²) in [4.78, 5) is 52.5. The molecule has 1 amide bonds. The summed E-state index contributed by atoms with van der Waals surface area (Å²) in [5.41, 5.74) is 7.29. The van der Waals surface area contributed by atoms with Crippen molar-refractivity contribution in [3.05, 3.63) is 54.6 Å². The first-order valence-corrected chi connectivity index (χ1v) is 13.1. The van der Waals surface area contributed by atoms with Crippen molar-refractivity contribution < 1.29 is 4.79 Å². The van der Waals surface area contributed by atoms with Gasteiger partial charge in [-0.25, -0.2) is 14.8 Å². The van der Waals surface area contributed by atoms with E-state index >= 15 is 0 Å². The molecular formula is C23H27N7O3S2. The average Bonchev–Trinajstić information content (AvgIpc) is 3.53. The standard InChI is InChI=1S/C23H27N7O3S2/c1-12-6-5-7-29(12)22-25-8-14(9-26-22)18-13(2)35-20(30(18)10-16(24)31)15-11-34-21-17(15)19(32)27(3)23(33)28(21)4/h8-9,11-12,20H,5-7,10H2,1-4H3,(H2,24,31)/t12?,20-/m0/s1. The van der Waals surface area contributed by atoms with E-state index in [4.69, 9.17) is 5.73 Å². The van der Waals surface area contributed by atoms with Crippen molar-refractivity contribution in [2.45, 2.75) is 38.1 Å². The number of amides is 1. The highest BCUT2D eigenvalue weighted by Crippen LogP contribution is 2.52. The van der Waals surface area contributed by atoms with Gasteiger partial charge in [-0.3, -0.25) is 18.7 Å². The molecule has 0 bridgehead atoms. The summed E-state index contributed by atoms with van der Waals surface area (Å²) in [5.74, 6) is 0.222. The molecule has 1 saturated heterocycles. The highest BCUT2D eigenvalue weighted by Gasteiger charge is 2.36. The Morgan fingerprint density at radius 3 is 2.54 bits per heavy atom. The first-order valence-electron chi connectivity index (χ1n) is 11.4. The van der Waals surface area contributed by atoms with E-state index in [1.54, 1.807) is 31.2 Å². The Kier molecular flexibility index (Phi) is 5.96. The second kappa shape index (κ2) is 8.83. The summed E-state index contributed by atoms with van der Waals surface area (Å²) in [6.07, 6.45) is 5.83. The Hall–Kier alpha value is -3.12. The molecule has 5 rings (SSSR count). The zero-order valence-corrected chi connectivity index (χ0v) is 21.7. The Morgan fingerprint density at radius 2 is 1.91 bits per heavy atom. The van der Waals surface area contributed by atoms with Gasteiger partial charge in [0, 0.05) is 55.1 Å². The number of anilines is 1. The maximum absolute atomic E-state index is 13.1. The normalized spacial score (nSPS) is 20.5. The van der Waals surface area contributed by atoms with Crippen LogP contribution in [0.2, 0.25) is 0 Å². The number of thiophene rings is 1. The minimum atomic E-state index is -0.480. The zero-order chi connectivity index (χ0) is 25.0. The third-order valence-electron chi connectivity index (χ3n) is 6.70. The van der Waals surface area contributed by atoms with Gasteiger partial charge in [0.1, 0.15) is 10.2 Å². The van der Waals surface area contributed by atoms with Crippen LogP contribution in [0, 0.1) is 0 Å². The van der Waals surface area contributed by atoms with E-state index in [0.29, 0.717) is 22.2 Å². The van der Waals surface area contributed by atoms with Crippen LogP contribution in [0.15, 0.2) is 32.3 Å². The molecule has 10 nitrogen and oxygen atoms in total. The lowest BCUT2D eigenvalue weighted by Gasteiger charge is -2.28. The van der Waals surface area contributed by atoms with Crippen LogP contribution in [-0.4, -0.2) is 49.0 Å². The second-order valence-corrected chi connectivity index (χ2v) is 11.2. The molecule has 0 aliphatic carbocycles.